The van der Waals surface area contributed by atoms with E-state index < -0.39 is 0 Å². The van der Waals surface area contributed by atoms with Crippen LogP contribution < -0.4 is 5.32 Å². The fourth-order valence-corrected chi connectivity index (χ4v) is 2.23. The molecular formula is C12H19N4O. The molecule has 2 rings (SSSR count). The minimum atomic E-state index is 0.000808. The summed E-state index contributed by atoms with van der Waals surface area (Å²) in [6.45, 7) is 0. The molecule has 1 aliphatic carbocycles. The van der Waals surface area contributed by atoms with E-state index in [-0.39, 0.29) is 6.03 Å². The van der Waals surface area contributed by atoms with Crippen LogP contribution in [0.4, 0.5) is 4.79 Å². The summed E-state index contributed by atoms with van der Waals surface area (Å²) < 4.78 is 1.98. The molecule has 1 aliphatic rings. The van der Waals surface area contributed by atoms with Crippen molar-refractivity contribution in [3.63, 3.8) is 0 Å². The minimum Gasteiger partial charge on any atom is -0.335 e. The van der Waals surface area contributed by atoms with Gasteiger partial charge < -0.3 is 10.2 Å². The van der Waals surface area contributed by atoms with E-state index in [0.717, 1.165) is 25.7 Å². The Balaban J connectivity index is 1.80. The largest absolute Gasteiger partial charge is 0.335 e. The van der Waals surface area contributed by atoms with Crippen molar-refractivity contribution in [1.29, 1.82) is 0 Å². The Bertz CT molecular complexity index is 353. The summed E-state index contributed by atoms with van der Waals surface area (Å²) >= 11 is 0. The zero-order valence-electron chi connectivity index (χ0n) is 10.4. The summed E-state index contributed by atoms with van der Waals surface area (Å²) in [5, 5.41) is 7.25. The van der Waals surface area contributed by atoms with Crippen LogP contribution in [-0.4, -0.2) is 40.8 Å². The van der Waals surface area contributed by atoms with Gasteiger partial charge in [-0.1, -0.05) is 0 Å². The Hall–Kier alpha value is -1.52. The Morgan fingerprint density at radius 2 is 2.12 bits per heavy atom. The van der Waals surface area contributed by atoms with Crippen molar-refractivity contribution in [2.24, 2.45) is 0 Å². The van der Waals surface area contributed by atoms with Crippen LogP contribution >= 0.6 is 0 Å². The summed E-state index contributed by atoms with van der Waals surface area (Å²) in [5.41, 5.74) is 0. The predicted molar refractivity (Wildman–Crippen MR) is 64.6 cm³/mol. The molecule has 0 saturated heterocycles. The van der Waals surface area contributed by atoms with E-state index in [4.69, 9.17) is 0 Å². The SMILES string of the molecule is CN(C)C(=O)NC1CCC(n2c[c]cn2)CC1. The van der Waals surface area contributed by atoms with Crippen LogP contribution in [0.5, 0.6) is 0 Å². The van der Waals surface area contributed by atoms with Gasteiger partial charge in [0.2, 0.25) is 0 Å². The molecule has 17 heavy (non-hydrogen) atoms. The summed E-state index contributed by atoms with van der Waals surface area (Å²) in [6.07, 6.45) is 7.75. The van der Waals surface area contributed by atoms with Gasteiger partial charge in [-0.2, -0.15) is 5.10 Å². The fourth-order valence-electron chi connectivity index (χ4n) is 2.23. The molecular weight excluding hydrogens is 216 g/mol. The molecule has 5 nitrogen and oxygen atoms in total. The third-order valence-corrected chi connectivity index (χ3v) is 3.28. The first-order chi connectivity index (χ1) is 8.16. The number of nitrogens with zero attached hydrogens (tertiary/aromatic N) is 3. The molecule has 1 radical (unpaired) electrons. The van der Waals surface area contributed by atoms with E-state index in [0.29, 0.717) is 12.1 Å². The summed E-state index contributed by atoms with van der Waals surface area (Å²) in [6, 6.07) is 3.73. The molecule has 2 amide bonds. The number of carbonyl (C=O) groups is 1. The van der Waals surface area contributed by atoms with Crippen LogP contribution in [0.1, 0.15) is 31.7 Å². The van der Waals surface area contributed by atoms with Crippen molar-refractivity contribution in [3.05, 3.63) is 18.5 Å². The second-order valence-electron chi connectivity index (χ2n) is 4.77. The zero-order valence-corrected chi connectivity index (χ0v) is 10.4. The quantitative estimate of drug-likeness (QED) is 0.843. The first-order valence-corrected chi connectivity index (χ1v) is 6.05. The average molecular weight is 235 g/mol. The third kappa shape index (κ3) is 2.99. The van der Waals surface area contributed by atoms with Crippen molar-refractivity contribution < 1.29 is 4.79 Å². The number of urea groups is 1. The van der Waals surface area contributed by atoms with Crippen LogP contribution in [0.15, 0.2) is 12.4 Å². The van der Waals surface area contributed by atoms with Gasteiger partial charge in [-0.3, -0.25) is 4.68 Å². The Morgan fingerprint density at radius 3 is 2.65 bits per heavy atom. The lowest BCUT2D eigenvalue weighted by atomic mass is 9.91. The molecule has 1 fully saturated rings. The van der Waals surface area contributed by atoms with Gasteiger partial charge in [-0.05, 0) is 25.7 Å². The number of hydrogen-bond acceptors (Lipinski definition) is 2. The van der Waals surface area contributed by atoms with Crippen LogP contribution in [-0.2, 0) is 0 Å². The lowest BCUT2D eigenvalue weighted by Gasteiger charge is -2.30. The average Bonchev–Trinajstić information content (AvgIpc) is 2.83. The maximum Gasteiger partial charge on any atom is 0.317 e. The van der Waals surface area contributed by atoms with Crippen LogP contribution in [0.3, 0.4) is 0 Å². The van der Waals surface area contributed by atoms with E-state index >= 15 is 0 Å². The molecule has 0 spiro atoms. The molecule has 1 heterocycles. The van der Waals surface area contributed by atoms with Crippen molar-refractivity contribution in [2.75, 3.05) is 14.1 Å². The van der Waals surface area contributed by atoms with Gasteiger partial charge in [0.15, 0.2) is 0 Å². The maximum atomic E-state index is 11.5. The van der Waals surface area contributed by atoms with Crippen LogP contribution in [0, 0.1) is 6.07 Å². The Labute approximate surface area is 102 Å². The van der Waals surface area contributed by atoms with Gasteiger partial charge in [-0.15, -0.1) is 0 Å². The first-order valence-electron chi connectivity index (χ1n) is 6.05. The predicted octanol–water partition coefficient (Wildman–Crippen LogP) is 1.44. The van der Waals surface area contributed by atoms with E-state index in [2.05, 4.69) is 16.5 Å². The number of hydrogen-bond donors (Lipinski definition) is 1. The van der Waals surface area contributed by atoms with E-state index in [9.17, 15) is 4.79 Å². The van der Waals surface area contributed by atoms with Gasteiger partial charge >= 0.3 is 6.03 Å². The van der Waals surface area contributed by atoms with Gasteiger partial charge in [-0.25, -0.2) is 4.79 Å². The van der Waals surface area contributed by atoms with Crippen LogP contribution in [0.25, 0.3) is 0 Å². The van der Waals surface area contributed by atoms with Crippen molar-refractivity contribution >= 4 is 6.03 Å². The molecule has 0 aliphatic heterocycles. The fraction of sp³-hybridized carbons (Fsp3) is 0.667. The van der Waals surface area contributed by atoms with Crippen molar-refractivity contribution in [2.45, 2.75) is 37.8 Å². The number of carbonyl (C=O) groups excluding carboxylic acids is 1. The molecule has 93 valence electrons. The Kier molecular flexibility index (Phi) is 3.66. The standard InChI is InChI=1S/C12H19N4O/c1-15(2)12(17)14-10-4-6-11(7-5-10)16-9-3-8-13-16/h8-11H,4-7H2,1-2H3,(H,14,17). The molecule has 0 unspecified atom stereocenters. The van der Waals surface area contributed by atoms with Crippen molar-refractivity contribution in [3.8, 4) is 0 Å². The minimum absolute atomic E-state index is 0.000808. The molecule has 1 aromatic rings. The van der Waals surface area contributed by atoms with E-state index in [1.807, 2.05) is 10.9 Å². The second-order valence-corrected chi connectivity index (χ2v) is 4.77. The van der Waals surface area contributed by atoms with Crippen molar-refractivity contribution in [1.82, 2.24) is 20.0 Å². The highest BCUT2D eigenvalue weighted by Gasteiger charge is 2.23. The molecule has 0 bridgehead atoms. The highest BCUT2D eigenvalue weighted by molar-refractivity contribution is 5.73. The maximum absolute atomic E-state index is 11.5. The summed E-state index contributed by atoms with van der Waals surface area (Å²) in [7, 11) is 3.53. The summed E-state index contributed by atoms with van der Waals surface area (Å²) in [4.78, 5) is 13.1. The van der Waals surface area contributed by atoms with Gasteiger partial charge in [0.25, 0.3) is 0 Å². The zero-order chi connectivity index (χ0) is 12.3. The number of nitrogens with one attached hydrogen (secondary N) is 1. The van der Waals surface area contributed by atoms with Gasteiger partial charge in [0.1, 0.15) is 0 Å². The highest BCUT2D eigenvalue weighted by Crippen LogP contribution is 2.27. The Morgan fingerprint density at radius 1 is 1.41 bits per heavy atom. The first kappa shape index (κ1) is 12.0. The number of aromatic nitrogens is 2. The molecule has 0 aromatic carbocycles. The topological polar surface area (TPSA) is 50.2 Å². The van der Waals surface area contributed by atoms with Gasteiger partial charge in [0.05, 0.1) is 12.2 Å². The monoisotopic (exact) mass is 235 g/mol. The normalized spacial score (nSPS) is 24.4. The van der Waals surface area contributed by atoms with E-state index in [1.54, 1.807) is 25.2 Å². The second kappa shape index (κ2) is 5.21. The molecule has 0 atom stereocenters. The lowest BCUT2D eigenvalue weighted by Crippen LogP contribution is -2.43. The summed E-state index contributed by atoms with van der Waals surface area (Å²) in [5.74, 6) is 0. The molecule has 1 N–H and O–H groups in total. The van der Waals surface area contributed by atoms with Crippen LogP contribution in [0.2, 0.25) is 0 Å². The third-order valence-electron chi connectivity index (χ3n) is 3.28. The lowest BCUT2D eigenvalue weighted by molar-refractivity contribution is 0.203. The molecule has 5 heteroatoms. The highest BCUT2D eigenvalue weighted by atomic mass is 16.2. The molecule has 1 saturated carbocycles. The van der Waals surface area contributed by atoms with E-state index in [1.165, 1.54) is 0 Å². The number of rotatable bonds is 2. The smallest absolute Gasteiger partial charge is 0.317 e. The molecule has 1 aromatic heterocycles. The van der Waals surface area contributed by atoms with Gasteiger partial charge in [0, 0.05) is 32.4 Å². The number of amides is 2.